The highest BCUT2D eigenvalue weighted by Crippen LogP contribution is 2.20. The number of amides is 1. The molecule has 0 aliphatic carbocycles. The molecule has 1 heterocycles. The summed E-state index contributed by atoms with van der Waals surface area (Å²) in [7, 11) is 0. The van der Waals surface area contributed by atoms with Crippen LogP contribution in [0.25, 0.3) is 0 Å². The van der Waals surface area contributed by atoms with Gasteiger partial charge in [-0.1, -0.05) is 50.3 Å². The first-order chi connectivity index (χ1) is 13.6. The third-order valence-electron chi connectivity index (χ3n) is 4.38. The van der Waals surface area contributed by atoms with E-state index in [9.17, 15) is 4.79 Å². The number of aliphatic hydroxyl groups excluding tert-OH is 2. The minimum absolute atomic E-state index is 0.00310. The number of carbonyl (C=O) groups is 1. The number of rotatable bonds is 3. The Kier molecular flexibility index (Phi) is 8.74. The molecule has 2 aromatic carbocycles. The molecule has 0 aromatic heterocycles. The molecule has 28 heavy (non-hydrogen) atoms. The van der Waals surface area contributed by atoms with Crippen molar-refractivity contribution in [2.45, 2.75) is 46.3 Å². The zero-order chi connectivity index (χ0) is 20.4. The number of fused-ring (bicyclic) bond motifs is 1. The van der Waals surface area contributed by atoms with Crippen molar-refractivity contribution in [1.82, 2.24) is 4.90 Å². The van der Waals surface area contributed by atoms with Crippen molar-refractivity contribution in [2.24, 2.45) is 0 Å². The predicted octanol–water partition coefficient (Wildman–Crippen LogP) is 3.26. The lowest BCUT2D eigenvalue weighted by Crippen LogP contribution is -2.36. The molecule has 0 spiro atoms. The fourth-order valence-corrected chi connectivity index (χ4v) is 2.94. The molecule has 0 atom stereocenters. The van der Waals surface area contributed by atoms with E-state index in [1.165, 1.54) is 12.0 Å². The Bertz CT molecular complexity index is 831. The van der Waals surface area contributed by atoms with E-state index in [1.54, 1.807) is 4.90 Å². The van der Waals surface area contributed by atoms with Gasteiger partial charge in [0.25, 0.3) is 0 Å². The zero-order valence-corrected chi connectivity index (χ0v) is 16.7. The summed E-state index contributed by atoms with van der Waals surface area (Å²) in [5.41, 5.74) is 5.13. The van der Waals surface area contributed by atoms with Gasteiger partial charge in [-0.05, 0) is 47.4 Å². The van der Waals surface area contributed by atoms with Crippen LogP contribution in [-0.4, -0.2) is 34.2 Å². The predicted molar refractivity (Wildman–Crippen MR) is 112 cm³/mol. The van der Waals surface area contributed by atoms with E-state index in [1.807, 2.05) is 36.4 Å². The molecule has 0 radical (unpaired) electrons. The normalized spacial score (nSPS) is 12.2. The molecule has 0 fully saturated rings. The maximum atomic E-state index is 11.9. The smallest absolute Gasteiger partial charge is 0.225 e. The SMILES string of the molecule is CCC.O=C(CCO)N1CCc2cc(C#Cc3ccc(CO)cc3)ccc2C1. The van der Waals surface area contributed by atoms with Gasteiger partial charge in [-0.3, -0.25) is 4.79 Å². The van der Waals surface area contributed by atoms with Gasteiger partial charge < -0.3 is 15.1 Å². The van der Waals surface area contributed by atoms with Crippen molar-refractivity contribution in [3.63, 3.8) is 0 Å². The van der Waals surface area contributed by atoms with Crippen LogP contribution in [0.2, 0.25) is 0 Å². The van der Waals surface area contributed by atoms with Crippen LogP contribution in [0, 0.1) is 11.8 Å². The Morgan fingerprint density at radius 2 is 1.64 bits per heavy atom. The standard InChI is InChI=1S/C21H21NO3.C3H8/c23-12-10-21(25)22-11-9-19-13-17(7-8-20(19)14-22)4-1-16-2-5-18(15-24)6-3-16;1-3-2/h2-3,5-8,13,23-24H,9-12,14-15H2;3H2,1-2H3. The summed E-state index contributed by atoms with van der Waals surface area (Å²) in [5.74, 6) is 6.32. The Hall–Kier alpha value is -2.61. The molecule has 148 valence electrons. The van der Waals surface area contributed by atoms with E-state index in [2.05, 4.69) is 31.8 Å². The highest BCUT2D eigenvalue weighted by atomic mass is 16.3. The fraction of sp³-hybridized carbons (Fsp3) is 0.375. The summed E-state index contributed by atoms with van der Waals surface area (Å²) in [4.78, 5) is 13.7. The molecule has 4 heteroatoms. The summed E-state index contributed by atoms with van der Waals surface area (Å²) in [6.07, 6.45) is 2.25. The minimum Gasteiger partial charge on any atom is -0.396 e. The first-order valence-corrected chi connectivity index (χ1v) is 9.83. The first kappa shape index (κ1) is 21.7. The van der Waals surface area contributed by atoms with Crippen LogP contribution in [0.15, 0.2) is 42.5 Å². The third-order valence-corrected chi connectivity index (χ3v) is 4.38. The number of hydrogen-bond donors (Lipinski definition) is 2. The minimum atomic E-state index is -0.101. The monoisotopic (exact) mass is 379 g/mol. The van der Waals surface area contributed by atoms with Gasteiger partial charge >= 0.3 is 0 Å². The van der Waals surface area contributed by atoms with Gasteiger partial charge in [0, 0.05) is 30.6 Å². The molecule has 0 unspecified atom stereocenters. The van der Waals surface area contributed by atoms with Crippen LogP contribution in [0.1, 0.15) is 54.5 Å². The Balaban J connectivity index is 0.000000878. The molecule has 4 nitrogen and oxygen atoms in total. The van der Waals surface area contributed by atoms with Gasteiger partial charge in [0.1, 0.15) is 0 Å². The Labute approximate surface area is 167 Å². The fourth-order valence-electron chi connectivity index (χ4n) is 2.94. The van der Waals surface area contributed by atoms with Crippen molar-refractivity contribution < 1.29 is 15.0 Å². The van der Waals surface area contributed by atoms with Crippen molar-refractivity contribution in [3.8, 4) is 11.8 Å². The van der Waals surface area contributed by atoms with Crippen molar-refractivity contribution in [1.29, 1.82) is 0 Å². The van der Waals surface area contributed by atoms with Gasteiger partial charge in [0.15, 0.2) is 0 Å². The average Bonchev–Trinajstić information content (AvgIpc) is 2.73. The number of aliphatic hydroxyl groups is 2. The Morgan fingerprint density at radius 3 is 2.29 bits per heavy atom. The van der Waals surface area contributed by atoms with Gasteiger partial charge in [-0.25, -0.2) is 0 Å². The molecular weight excluding hydrogens is 350 g/mol. The summed E-state index contributed by atoms with van der Waals surface area (Å²) in [6.45, 7) is 5.47. The second-order valence-electron chi connectivity index (χ2n) is 6.83. The molecule has 1 amide bonds. The molecule has 0 bridgehead atoms. The second-order valence-corrected chi connectivity index (χ2v) is 6.83. The third kappa shape index (κ3) is 6.23. The summed E-state index contributed by atoms with van der Waals surface area (Å²) in [6, 6.07) is 13.7. The highest BCUT2D eigenvalue weighted by molar-refractivity contribution is 5.76. The second kappa shape index (κ2) is 11.3. The molecule has 0 saturated carbocycles. The first-order valence-electron chi connectivity index (χ1n) is 9.83. The van der Waals surface area contributed by atoms with Crippen molar-refractivity contribution in [2.75, 3.05) is 13.2 Å². The molecule has 2 aromatic rings. The molecule has 1 aliphatic rings. The quantitative estimate of drug-likeness (QED) is 0.805. The van der Waals surface area contributed by atoms with E-state index in [0.717, 1.165) is 28.7 Å². The highest BCUT2D eigenvalue weighted by Gasteiger charge is 2.20. The summed E-state index contributed by atoms with van der Waals surface area (Å²) >= 11 is 0. The largest absolute Gasteiger partial charge is 0.396 e. The Morgan fingerprint density at radius 1 is 1.00 bits per heavy atom. The molecule has 3 rings (SSSR count). The van der Waals surface area contributed by atoms with Crippen LogP contribution in [-0.2, 0) is 24.4 Å². The lowest BCUT2D eigenvalue weighted by atomic mass is 9.97. The van der Waals surface area contributed by atoms with Crippen molar-refractivity contribution in [3.05, 3.63) is 70.3 Å². The molecule has 2 N–H and O–H groups in total. The lowest BCUT2D eigenvalue weighted by molar-refractivity contribution is -0.132. The summed E-state index contributed by atoms with van der Waals surface area (Å²) < 4.78 is 0. The zero-order valence-electron chi connectivity index (χ0n) is 16.7. The van der Waals surface area contributed by atoms with Crippen molar-refractivity contribution >= 4 is 5.91 Å². The maximum Gasteiger partial charge on any atom is 0.225 e. The van der Waals surface area contributed by atoms with Crippen LogP contribution in [0.4, 0.5) is 0 Å². The van der Waals surface area contributed by atoms with Crippen LogP contribution in [0.3, 0.4) is 0 Å². The maximum absolute atomic E-state index is 11.9. The topological polar surface area (TPSA) is 60.8 Å². The van der Waals surface area contributed by atoms with Gasteiger partial charge in [-0.15, -0.1) is 0 Å². The number of hydrogen-bond acceptors (Lipinski definition) is 3. The number of carbonyl (C=O) groups excluding carboxylic acids is 1. The van der Waals surface area contributed by atoms with Gasteiger partial charge in [0.2, 0.25) is 5.91 Å². The number of nitrogens with zero attached hydrogens (tertiary/aromatic N) is 1. The van der Waals surface area contributed by atoms with Crippen LogP contribution < -0.4 is 0 Å². The number of benzene rings is 2. The van der Waals surface area contributed by atoms with E-state index in [-0.39, 0.29) is 25.5 Å². The van der Waals surface area contributed by atoms with Crippen LogP contribution >= 0.6 is 0 Å². The van der Waals surface area contributed by atoms with E-state index in [4.69, 9.17) is 10.2 Å². The molecule has 1 aliphatic heterocycles. The molecular formula is C24H29NO3. The van der Waals surface area contributed by atoms with Gasteiger partial charge in [-0.2, -0.15) is 0 Å². The summed E-state index contributed by atoms with van der Waals surface area (Å²) in [5, 5.41) is 18.0. The van der Waals surface area contributed by atoms with Gasteiger partial charge in [0.05, 0.1) is 13.2 Å². The lowest BCUT2D eigenvalue weighted by Gasteiger charge is -2.29. The van der Waals surface area contributed by atoms with Crippen LogP contribution in [0.5, 0.6) is 0 Å². The van der Waals surface area contributed by atoms with E-state index < -0.39 is 0 Å². The van der Waals surface area contributed by atoms with E-state index >= 15 is 0 Å². The molecule has 0 saturated heterocycles. The average molecular weight is 380 g/mol. The van der Waals surface area contributed by atoms with E-state index in [0.29, 0.717) is 13.1 Å².